The van der Waals surface area contributed by atoms with E-state index in [1.807, 2.05) is 19.1 Å². The monoisotopic (exact) mass is 414 g/mol. The second-order valence-corrected chi connectivity index (χ2v) is 8.32. The van der Waals surface area contributed by atoms with Crippen LogP contribution in [0.15, 0.2) is 24.3 Å². The second-order valence-electron chi connectivity index (χ2n) is 8.32. The normalized spacial score (nSPS) is 23.5. The number of rotatable bonds is 8. The molecule has 1 aliphatic heterocycles. The third kappa shape index (κ3) is 4.55. The fourth-order valence-corrected chi connectivity index (χ4v) is 4.28. The summed E-state index contributed by atoms with van der Waals surface area (Å²) in [6, 6.07) is 6.70. The molecule has 1 aromatic carbocycles. The van der Waals surface area contributed by atoms with Crippen molar-refractivity contribution in [2.75, 3.05) is 13.2 Å². The highest BCUT2D eigenvalue weighted by atomic mass is 16.5. The third-order valence-electron chi connectivity index (χ3n) is 6.25. The molecule has 1 saturated heterocycles. The molecule has 7 heteroatoms. The molecule has 2 aliphatic rings. The number of esters is 1. The van der Waals surface area contributed by atoms with Gasteiger partial charge in [-0.1, -0.05) is 57.4 Å². The summed E-state index contributed by atoms with van der Waals surface area (Å²) in [5.41, 5.74) is 0.716. The molecule has 1 heterocycles. The second kappa shape index (κ2) is 9.41. The molecule has 1 saturated carbocycles. The van der Waals surface area contributed by atoms with Crippen LogP contribution < -0.4 is 5.32 Å². The zero-order valence-corrected chi connectivity index (χ0v) is 17.7. The summed E-state index contributed by atoms with van der Waals surface area (Å²) in [7, 11) is 0. The number of urea groups is 1. The summed E-state index contributed by atoms with van der Waals surface area (Å²) < 4.78 is 5.05. The van der Waals surface area contributed by atoms with Crippen LogP contribution in [0, 0.1) is 5.92 Å². The summed E-state index contributed by atoms with van der Waals surface area (Å²) in [6.45, 7) is 3.17. The SMILES string of the molecule is CCCCc1ccc(C(=O)COC(=O)CN2C(=O)N[C@]3(CCCC[C@@H]3C)C2=O)cc1. The zero-order chi connectivity index (χ0) is 21.7. The molecule has 2 atom stereocenters. The van der Waals surface area contributed by atoms with Gasteiger partial charge in [-0.05, 0) is 37.2 Å². The van der Waals surface area contributed by atoms with Crippen LogP contribution in [0.3, 0.4) is 0 Å². The van der Waals surface area contributed by atoms with Crippen molar-refractivity contribution in [3.8, 4) is 0 Å². The minimum atomic E-state index is -0.912. The average Bonchev–Trinajstić information content (AvgIpc) is 2.98. The number of aryl methyl sites for hydroxylation is 1. The maximum Gasteiger partial charge on any atom is 0.326 e. The largest absolute Gasteiger partial charge is 0.456 e. The Labute approximate surface area is 177 Å². The maximum atomic E-state index is 12.9. The molecule has 0 aromatic heterocycles. The van der Waals surface area contributed by atoms with Crippen LogP contribution in [-0.2, 0) is 20.7 Å². The van der Waals surface area contributed by atoms with Crippen molar-refractivity contribution in [1.82, 2.24) is 10.2 Å². The Bertz CT molecular complexity index is 819. The minimum absolute atomic E-state index is 0.0191. The number of carbonyl (C=O) groups is 4. The van der Waals surface area contributed by atoms with E-state index in [9.17, 15) is 19.2 Å². The van der Waals surface area contributed by atoms with E-state index in [1.54, 1.807) is 12.1 Å². The highest BCUT2D eigenvalue weighted by molar-refractivity contribution is 6.09. The van der Waals surface area contributed by atoms with Gasteiger partial charge in [0.2, 0.25) is 0 Å². The minimum Gasteiger partial charge on any atom is -0.456 e. The van der Waals surface area contributed by atoms with Gasteiger partial charge < -0.3 is 10.1 Å². The van der Waals surface area contributed by atoms with Gasteiger partial charge in [-0.2, -0.15) is 0 Å². The molecular formula is C23H30N2O5. The molecule has 1 N–H and O–H groups in total. The highest BCUT2D eigenvalue weighted by Gasteiger charge is 2.55. The van der Waals surface area contributed by atoms with Crippen molar-refractivity contribution in [3.63, 3.8) is 0 Å². The van der Waals surface area contributed by atoms with Crippen molar-refractivity contribution < 1.29 is 23.9 Å². The Hall–Kier alpha value is -2.70. The summed E-state index contributed by atoms with van der Waals surface area (Å²) in [5, 5.41) is 2.80. The average molecular weight is 415 g/mol. The molecule has 7 nitrogen and oxygen atoms in total. The van der Waals surface area contributed by atoms with Gasteiger partial charge in [0.05, 0.1) is 0 Å². The molecule has 30 heavy (non-hydrogen) atoms. The molecular weight excluding hydrogens is 384 g/mol. The number of ketones is 1. The van der Waals surface area contributed by atoms with Crippen LogP contribution >= 0.6 is 0 Å². The van der Waals surface area contributed by atoms with E-state index in [-0.39, 0.29) is 17.6 Å². The lowest BCUT2D eigenvalue weighted by molar-refractivity contribution is -0.147. The lowest BCUT2D eigenvalue weighted by Gasteiger charge is -2.36. The van der Waals surface area contributed by atoms with Crippen LogP contribution in [0.1, 0.15) is 68.3 Å². The van der Waals surface area contributed by atoms with Crippen LogP contribution in [0.25, 0.3) is 0 Å². The number of amides is 3. The van der Waals surface area contributed by atoms with Gasteiger partial charge in [0.15, 0.2) is 12.4 Å². The van der Waals surface area contributed by atoms with Crippen molar-refractivity contribution in [2.24, 2.45) is 5.92 Å². The van der Waals surface area contributed by atoms with Gasteiger partial charge in [0, 0.05) is 5.56 Å². The molecule has 0 bridgehead atoms. The fourth-order valence-electron chi connectivity index (χ4n) is 4.28. The number of nitrogens with one attached hydrogen (secondary N) is 1. The number of hydrogen-bond acceptors (Lipinski definition) is 5. The van der Waals surface area contributed by atoms with Crippen LogP contribution in [0.2, 0.25) is 0 Å². The van der Waals surface area contributed by atoms with E-state index in [2.05, 4.69) is 12.2 Å². The Morgan fingerprint density at radius 2 is 1.93 bits per heavy atom. The highest BCUT2D eigenvalue weighted by Crippen LogP contribution is 2.38. The van der Waals surface area contributed by atoms with Gasteiger partial charge in [-0.15, -0.1) is 0 Å². The van der Waals surface area contributed by atoms with Crippen molar-refractivity contribution in [2.45, 2.75) is 64.3 Å². The number of Topliss-reactive ketones (excluding diaryl/α,β-unsaturated/α-hetero) is 1. The number of hydrogen-bond donors (Lipinski definition) is 1. The Morgan fingerprint density at radius 1 is 1.20 bits per heavy atom. The number of ether oxygens (including phenoxy) is 1. The standard InChI is InChI=1S/C23H30N2O5/c1-3-4-8-17-9-11-18(12-10-17)19(26)15-30-20(27)14-25-21(28)23(24-22(25)29)13-6-5-7-16(23)2/h9-12,16H,3-8,13-15H2,1-2H3,(H,24,29)/t16-,23-/m0/s1. The van der Waals surface area contributed by atoms with Gasteiger partial charge in [-0.25, -0.2) is 4.79 Å². The first-order valence-electron chi connectivity index (χ1n) is 10.8. The van der Waals surface area contributed by atoms with Crippen LogP contribution in [-0.4, -0.2) is 47.3 Å². The zero-order valence-electron chi connectivity index (χ0n) is 17.7. The topological polar surface area (TPSA) is 92.8 Å². The summed E-state index contributed by atoms with van der Waals surface area (Å²) in [4.78, 5) is 50.6. The molecule has 162 valence electrons. The molecule has 1 spiro atoms. The van der Waals surface area contributed by atoms with E-state index in [4.69, 9.17) is 4.74 Å². The van der Waals surface area contributed by atoms with Gasteiger partial charge in [0.1, 0.15) is 12.1 Å². The Balaban J connectivity index is 1.52. The first-order chi connectivity index (χ1) is 14.4. The maximum absolute atomic E-state index is 12.9. The number of unbranched alkanes of at least 4 members (excludes halogenated alkanes) is 1. The van der Waals surface area contributed by atoms with Crippen LogP contribution in [0.4, 0.5) is 4.79 Å². The van der Waals surface area contributed by atoms with Crippen molar-refractivity contribution in [3.05, 3.63) is 35.4 Å². The quantitative estimate of drug-likeness (QED) is 0.400. The first-order valence-corrected chi connectivity index (χ1v) is 10.8. The predicted molar refractivity (Wildman–Crippen MR) is 111 cm³/mol. The van der Waals surface area contributed by atoms with E-state index in [1.165, 1.54) is 0 Å². The first kappa shape index (κ1) is 22.0. The molecule has 3 rings (SSSR count). The summed E-state index contributed by atoms with van der Waals surface area (Å²) in [5.74, 6) is -1.44. The van der Waals surface area contributed by atoms with Crippen LogP contribution in [0.5, 0.6) is 0 Å². The lowest BCUT2D eigenvalue weighted by Crippen LogP contribution is -2.54. The van der Waals surface area contributed by atoms with E-state index >= 15 is 0 Å². The molecule has 0 radical (unpaired) electrons. The van der Waals surface area contributed by atoms with E-state index in [0.717, 1.165) is 49.0 Å². The number of carbonyl (C=O) groups excluding carboxylic acids is 4. The molecule has 1 aliphatic carbocycles. The molecule has 3 amide bonds. The van der Waals surface area contributed by atoms with Gasteiger partial charge >= 0.3 is 12.0 Å². The Morgan fingerprint density at radius 3 is 2.60 bits per heavy atom. The molecule has 1 aromatic rings. The van der Waals surface area contributed by atoms with Gasteiger partial charge in [0.25, 0.3) is 5.91 Å². The van der Waals surface area contributed by atoms with Crippen molar-refractivity contribution in [1.29, 1.82) is 0 Å². The molecule has 2 fully saturated rings. The summed E-state index contributed by atoms with van der Waals surface area (Å²) >= 11 is 0. The number of nitrogens with zero attached hydrogens (tertiary/aromatic N) is 1. The lowest BCUT2D eigenvalue weighted by atomic mass is 9.73. The van der Waals surface area contributed by atoms with E-state index in [0.29, 0.717) is 12.0 Å². The number of benzene rings is 1. The predicted octanol–water partition coefficient (Wildman–Crippen LogP) is 3.26. The fraction of sp³-hybridized carbons (Fsp3) is 0.565. The number of imide groups is 1. The van der Waals surface area contributed by atoms with Gasteiger partial charge in [-0.3, -0.25) is 19.3 Å². The van der Waals surface area contributed by atoms with E-state index < -0.39 is 30.7 Å². The Kier molecular flexibility index (Phi) is 6.90. The van der Waals surface area contributed by atoms with Crippen molar-refractivity contribution >= 4 is 23.7 Å². The smallest absolute Gasteiger partial charge is 0.326 e. The third-order valence-corrected chi connectivity index (χ3v) is 6.25. The molecule has 0 unspecified atom stereocenters. The summed E-state index contributed by atoms with van der Waals surface area (Å²) in [6.07, 6.45) is 6.48.